The zero-order valence-corrected chi connectivity index (χ0v) is 20.4. The molecule has 0 spiro atoms. The lowest BCUT2D eigenvalue weighted by molar-refractivity contribution is 0.173. The molecule has 0 aromatic carbocycles. The molecule has 0 aromatic rings. The van der Waals surface area contributed by atoms with E-state index in [1.807, 2.05) is 0 Å². The fourth-order valence-electron chi connectivity index (χ4n) is 7.78. The molecule has 0 radical (unpaired) electrons. The van der Waals surface area contributed by atoms with Gasteiger partial charge in [0.15, 0.2) is 17.8 Å². The zero-order chi connectivity index (χ0) is 23.7. The fraction of sp³-hybridized carbons (Fsp3) is 0.733. The van der Waals surface area contributed by atoms with Crippen molar-refractivity contribution in [2.24, 2.45) is 29.6 Å². The van der Waals surface area contributed by atoms with Gasteiger partial charge in [0.2, 0.25) is 0 Å². The Balaban J connectivity index is 1.15. The average molecular weight is 477 g/mol. The first-order valence-electron chi connectivity index (χ1n) is 13.9. The molecular weight excluding hydrogens is 436 g/mol. The zero-order valence-electron chi connectivity index (χ0n) is 20.4. The van der Waals surface area contributed by atoms with Gasteiger partial charge in [0.25, 0.3) is 0 Å². The predicted molar refractivity (Wildman–Crippen MR) is 130 cm³/mol. The summed E-state index contributed by atoms with van der Waals surface area (Å²) in [6.45, 7) is 0. The molecule has 0 aliphatic heterocycles. The van der Waals surface area contributed by atoms with Gasteiger partial charge in [-0.25, -0.2) is 17.6 Å². The topological polar surface area (TPSA) is 0 Å². The Labute approximate surface area is 202 Å². The van der Waals surface area contributed by atoms with E-state index in [0.717, 1.165) is 43.1 Å². The lowest BCUT2D eigenvalue weighted by Crippen LogP contribution is -2.27. The minimum atomic E-state index is -1.85. The third-order valence-electron chi connectivity index (χ3n) is 9.83. The second kappa shape index (κ2) is 10.7. The molecule has 5 aliphatic carbocycles. The van der Waals surface area contributed by atoms with Crippen molar-refractivity contribution in [3.63, 3.8) is 0 Å². The van der Waals surface area contributed by atoms with E-state index in [4.69, 9.17) is 0 Å². The summed E-state index contributed by atoms with van der Waals surface area (Å²) in [5.41, 5.74) is 2.93. The van der Waals surface area contributed by atoms with Gasteiger partial charge in [-0.1, -0.05) is 55.4 Å². The molecule has 0 N–H and O–H groups in total. The van der Waals surface area contributed by atoms with Gasteiger partial charge in [0, 0.05) is 12.8 Å². The highest BCUT2D eigenvalue weighted by Gasteiger charge is 2.35. The van der Waals surface area contributed by atoms with Gasteiger partial charge >= 0.3 is 0 Å². The molecule has 5 aliphatic rings. The van der Waals surface area contributed by atoms with E-state index in [9.17, 15) is 13.2 Å². The lowest BCUT2D eigenvalue weighted by atomic mass is 9.68. The molecule has 0 aromatic heterocycles. The van der Waals surface area contributed by atoms with Crippen LogP contribution in [0.4, 0.5) is 17.6 Å². The summed E-state index contributed by atoms with van der Waals surface area (Å²) in [7, 11) is 0. The van der Waals surface area contributed by atoms with E-state index < -0.39 is 24.0 Å². The number of allylic oxidation sites excluding steroid dienone is 8. The first-order chi connectivity index (χ1) is 16.5. The largest absolute Gasteiger partial charge is 0.242 e. The first kappa shape index (κ1) is 24.4. The van der Waals surface area contributed by atoms with Crippen LogP contribution in [0.2, 0.25) is 0 Å². The third kappa shape index (κ3) is 5.26. The molecule has 0 heterocycles. The highest BCUT2D eigenvalue weighted by molar-refractivity contribution is 5.33. The van der Waals surface area contributed by atoms with Crippen LogP contribution in [0.3, 0.4) is 0 Å². The van der Waals surface area contributed by atoms with Crippen molar-refractivity contribution < 1.29 is 17.6 Å². The standard InChI is InChI=1S/C30H40F4/c31-27-16-24(21-8-6-20(7-9-21)19-4-2-1-3-5-19)14-15-26(27)23-12-10-22(11-13-23)25-17-28(32)30(34)29(33)18-25/h14-15,17,19-23,27,29H,1-13,16,18H2. The second-order valence-electron chi connectivity index (χ2n) is 11.7. The van der Waals surface area contributed by atoms with Crippen molar-refractivity contribution in [1.29, 1.82) is 0 Å². The second-order valence-corrected chi connectivity index (χ2v) is 11.7. The van der Waals surface area contributed by atoms with Gasteiger partial charge in [-0.2, -0.15) is 0 Å². The maximum absolute atomic E-state index is 15.3. The Kier molecular flexibility index (Phi) is 7.70. The van der Waals surface area contributed by atoms with Crippen LogP contribution in [-0.2, 0) is 0 Å². The van der Waals surface area contributed by atoms with Gasteiger partial charge in [-0.05, 0) is 92.6 Å². The summed E-state index contributed by atoms with van der Waals surface area (Å²) in [6.07, 6.45) is 18.7. The molecule has 0 amide bonds. The SMILES string of the molecule is FC1=C(F)C(F)CC(C2CCC(C3=CC=C(C4CCC(C5CCCCC5)CC4)CC3F)CC2)=C1. The van der Waals surface area contributed by atoms with Crippen LogP contribution in [0.5, 0.6) is 0 Å². The van der Waals surface area contributed by atoms with E-state index in [-0.39, 0.29) is 18.3 Å². The van der Waals surface area contributed by atoms with Crippen molar-refractivity contribution in [3.8, 4) is 0 Å². The van der Waals surface area contributed by atoms with E-state index in [2.05, 4.69) is 12.2 Å². The van der Waals surface area contributed by atoms with Crippen molar-refractivity contribution >= 4 is 0 Å². The Hall–Kier alpha value is -1.32. The van der Waals surface area contributed by atoms with Gasteiger partial charge in [0.1, 0.15) is 6.17 Å². The van der Waals surface area contributed by atoms with E-state index in [0.29, 0.717) is 17.9 Å². The van der Waals surface area contributed by atoms with Crippen LogP contribution in [0.15, 0.2) is 46.6 Å². The Morgan fingerprint density at radius 2 is 1.12 bits per heavy atom. The molecule has 4 heteroatoms. The van der Waals surface area contributed by atoms with Crippen molar-refractivity contribution in [1.82, 2.24) is 0 Å². The average Bonchev–Trinajstić information content (AvgIpc) is 2.88. The predicted octanol–water partition coefficient (Wildman–Crippen LogP) is 9.59. The van der Waals surface area contributed by atoms with Gasteiger partial charge in [-0.15, -0.1) is 0 Å². The van der Waals surface area contributed by atoms with E-state index in [1.54, 1.807) is 0 Å². The van der Waals surface area contributed by atoms with Crippen LogP contribution in [0.25, 0.3) is 0 Å². The summed E-state index contributed by atoms with van der Waals surface area (Å²) >= 11 is 0. The normalized spacial score (nSPS) is 38.3. The van der Waals surface area contributed by atoms with Crippen molar-refractivity contribution in [2.45, 2.75) is 109 Å². The Morgan fingerprint density at radius 1 is 0.559 bits per heavy atom. The first-order valence-corrected chi connectivity index (χ1v) is 13.9. The maximum atomic E-state index is 15.3. The summed E-state index contributed by atoms with van der Waals surface area (Å²) in [5.74, 6) is 0.375. The van der Waals surface area contributed by atoms with E-state index in [1.165, 1.54) is 69.4 Å². The van der Waals surface area contributed by atoms with Crippen molar-refractivity contribution in [2.75, 3.05) is 0 Å². The smallest absolute Gasteiger partial charge is 0.170 e. The number of hydrogen-bond donors (Lipinski definition) is 0. The monoisotopic (exact) mass is 476 g/mol. The molecule has 2 atom stereocenters. The molecule has 0 nitrogen and oxygen atoms in total. The molecule has 5 rings (SSSR count). The molecule has 34 heavy (non-hydrogen) atoms. The maximum Gasteiger partial charge on any atom is 0.170 e. The lowest BCUT2D eigenvalue weighted by Gasteiger charge is -2.38. The minimum absolute atomic E-state index is 0.0435. The molecule has 3 saturated carbocycles. The highest BCUT2D eigenvalue weighted by atomic mass is 19.2. The van der Waals surface area contributed by atoms with Crippen LogP contribution in [-0.4, -0.2) is 12.3 Å². The number of halogens is 4. The van der Waals surface area contributed by atoms with Gasteiger partial charge in [0.05, 0.1) is 0 Å². The minimum Gasteiger partial charge on any atom is -0.242 e. The highest BCUT2D eigenvalue weighted by Crippen LogP contribution is 2.46. The van der Waals surface area contributed by atoms with Crippen molar-refractivity contribution in [3.05, 3.63) is 46.6 Å². The third-order valence-corrected chi connectivity index (χ3v) is 9.83. The molecular formula is C30H40F4. The summed E-state index contributed by atoms with van der Waals surface area (Å²) in [5, 5.41) is 0. The summed E-state index contributed by atoms with van der Waals surface area (Å²) in [6, 6.07) is 0. The van der Waals surface area contributed by atoms with Crippen LogP contribution in [0, 0.1) is 29.6 Å². The number of alkyl halides is 2. The quantitative estimate of drug-likeness (QED) is 0.354. The Bertz CT molecular complexity index is 843. The molecule has 3 fully saturated rings. The van der Waals surface area contributed by atoms with Gasteiger partial charge < -0.3 is 0 Å². The van der Waals surface area contributed by atoms with Crippen LogP contribution >= 0.6 is 0 Å². The van der Waals surface area contributed by atoms with Crippen LogP contribution < -0.4 is 0 Å². The molecule has 0 saturated heterocycles. The molecule has 188 valence electrons. The summed E-state index contributed by atoms with van der Waals surface area (Å²) < 4.78 is 56.2. The fourth-order valence-corrected chi connectivity index (χ4v) is 7.78. The summed E-state index contributed by atoms with van der Waals surface area (Å²) in [4.78, 5) is 0. The molecule has 2 unspecified atom stereocenters. The van der Waals surface area contributed by atoms with Gasteiger partial charge in [-0.3, -0.25) is 0 Å². The number of rotatable bonds is 4. The Morgan fingerprint density at radius 3 is 1.76 bits per heavy atom. The number of hydrogen-bond acceptors (Lipinski definition) is 0. The van der Waals surface area contributed by atoms with E-state index >= 15 is 4.39 Å². The molecule has 0 bridgehead atoms. The van der Waals surface area contributed by atoms with Crippen LogP contribution in [0.1, 0.15) is 96.3 Å².